The van der Waals surface area contributed by atoms with Gasteiger partial charge in [-0.2, -0.15) is 0 Å². The highest BCUT2D eigenvalue weighted by Crippen LogP contribution is 2.26. The van der Waals surface area contributed by atoms with Crippen molar-refractivity contribution < 1.29 is 16.8 Å². The molecule has 0 heterocycles. The summed E-state index contributed by atoms with van der Waals surface area (Å²) in [5, 5.41) is -0.0213. The van der Waals surface area contributed by atoms with Gasteiger partial charge in [0.1, 0.15) is 4.90 Å². The molecular formula is C10H16ClN3O4S2. The van der Waals surface area contributed by atoms with Gasteiger partial charge in [-0.25, -0.2) is 26.3 Å². The van der Waals surface area contributed by atoms with Crippen LogP contribution in [0.15, 0.2) is 23.1 Å². The SMILES string of the molecule is CCNS(=O)(=O)CCNS(=O)(=O)c1c(N)cccc1Cl. The van der Waals surface area contributed by atoms with E-state index in [1.807, 2.05) is 0 Å². The second-order valence-corrected chi connectivity index (χ2v) is 7.91. The predicted molar refractivity (Wildman–Crippen MR) is 78.5 cm³/mol. The van der Waals surface area contributed by atoms with Crippen molar-refractivity contribution in [2.24, 2.45) is 0 Å². The highest BCUT2D eigenvalue weighted by Gasteiger charge is 2.21. The number of anilines is 1. The minimum absolute atomic E-state index is 0.000426. The first-order valence-corrected chi connectivity index (χ1v) is 9.22. The molecule has 4 N–H and O–H groups in total. The van der Waals surface area contributed by atoms with E-state index in [2.05, 4.69) is 9.44 Å². The van der Waals surface area contributed by atoms with Crippen molar-refractivity contribution in [3.8, 4) is 0 Å². The molecule has 0 saturated carbocycles. The van der Waals surface area contributed by atoms with Crippen LogP contribution in [0.25, 0.3) is 0 Å². The van der Waals surface area contributed by atoms with Crippen LogP contribution in [-0.2, 0) is 20.0 Å². The maximum Gasteiger partial charge on any atom is 0.244 e. The van der Waals surface area contributed by atoms with Gasteiger partial charge in [-0.05, 0) is 12.1 Å². The standard InChI is InChI=1S/C10H16ClN3O4S2/c1-2-13-19(15,16)7-6-14-20(17,18)10-8(11)4-3-5-9(10)12/h3-5,13-14H,2,6-7,12H2,1H3. The molecule has 10 heteroatoms. The molecule has 0 aromatic heterocycles. The third-order valence-corrected chi connectivity index (χ3v) is 5.77. The molecule has 0 bridgehead atoms. The molecule has 114 valence electrons. The van der Waals surface area contributed by atoms with E-state index in [9.17, 15) is 16.8 Å². The predicted octanol–water partition coefficient (Wildman–Crippen LogP) is 0.140. The number of nitrogen functional groups attached to an aromatic ring is 1. The van der Waals surface area contributed by atoms with Gasteiger partial charge in [0.2, 0.25) is 20.0 Å². The summed E-state index contributed by atoms with van der Waals surface area (Å²) < 4.78 is 51.3. The monoisotopic (exact) mass is 341 g/mol. The summed E-state index contributed by atoms with van der Waals surface area (Å²) in [5.74, 6) is -0.371. The van der Waals surface area contributed by atoms with Gasteiger partial charge in [0.25, 0.3) is 0 Å². The number of benzene rings is 1. The second-order valence-electron chi connectivity index (χ2n) is 3.87. The van der Waals surface area contributed by atoms with Crippen LogP contribution in [0.1, 0.15) is 6.92 Å². The van der Waals surface area contributed by atoms with Crippen LogP contribution in [0, 0.1) is 0 Å². The minimum Gasteiger partial charge on any atom is -0.398 e. The van der Waals surface area contributed by atoms with Crippen LogP contribution in [0.3, 0.4) is 0 Å². The normalized spacial score (nSPS) is 12.5. The molecule has 0 spiro atoms. The van der Waals surface area contributed by atoms with Crippen molar-refractivity contribution in [2.75, 3.05) is 24.6 Å². The van der Waals surface area contributed by atoms with Crippen LogP contribution in [0.2, 0.25) is 5.02 Å². The third kappa shape index (κ3) is 4.60. The zero-order valence-electron chi connectivity index (χ0n) is 10.8. The lowest BCUT2D eigenvalue weighted by Gasteiger charge is -2.10. The number of hydrogen-bond donors (Lipinski definition) is 3. The lowest BCUT2D eigenvalue weighted by atomic mass is 10.3. The molecule has 0 aliphatic carbocycles. The van der Waals surface area contributed by atoms with Crippen LogP contribution in [-0.4, -0.2) is 35.7 Å². The lowest BCUT2D eigenvalue weighted by Crippen LogP contribution is -2.34. The number of nitrogens with two attached hydrogens (primary N) is 1. The summed E-state index contributed by atoms with van der Waals surface area (Å²) in [5.41, 5.74) is 5.58. The lowest BCUT2D eigenvalue weighted by molar-refractivity contribution is 0.577. The van der Waals surface area contributed by atoms with E-state index in [1.54, 1.807) is 6.92 Å². The number of rotatable bonds is 7. The van der Waals surface area contributed by atoms with Gasteiger partial charge >= 0.3 is 0 Å². The smallest absolute Gasteiger partial charge is 0.244 e. The first-order chi connectivity index (χ1) is 9.19. The topological polar surface area (TPSA) is 118 Å². The first kappa shape index (κ1) is 17.2. The van der Waals surface area contributed by atoms with Gasteiger partial charge in [-0.1, -0.05) is 24.6 Å². The molecule has 1 aromatic carbocycles. The fraction of sp³-hybridized carbons (Fsp3) is 0.400. The maximum absolute atomic E-state index is 12.0. The molecule has 0 aliphatic heterocycles. The molecule has 0 amide bonds. The Morgan fingerprint density at radius 2 is 1.85 bits per heavy atom. The molecule has 0 saturated heterocycles. The van der Waals surface area contributed by atoms with E-state index in [0.717, 1.165) is 0 Å². The van der Waals surface area contributed by atoms with Crippen LogP contribution < -0.4 is 15.2 Å². The molecule has 7 nitrogen and oxygen atoms in total. The van der Waals surface area contributed by atoms with Gasteiger partial charge in [0.15, 0.2) is 0 Å². The Hall–Kier alpha value is -0.870. The average molecular weight is 342 g/mol. The van der Waals surface area contributed by atoms with Crippen LogP contribution in [0.4, 0.5) is 5.69 Å². The van der Waals surface area contributed by atoms with Gasteiger partial charge in [-0.3, -0.25) is 0 Å². The second kappa shape index (κ2) is 6.72. The van der Waals surface area contributed by atoms with Crippen molar-refractivity contribution in [1.29, 1.82) is 0 Å². The maximum atomic E-state index is 12.0. The fourth-order valence-corrected chi connectivity index (χ4v) is 4.27. The molecule has 1 rings (SSSR count). The average Bonchev–Trinajstić information content (AvgIpc) is 2.27. The molecule has 0 radical (unpaired) electrons. The number of nitrogens with one attached hydrogen (secondary N) is 2. The molecule has 1 aromatic rings. The Morgan fingerprint density at radius 1 is 1.20 bits per heavy atom. The number of sulfonamides is 2. The minimum atomic E-state index is -3.96. The first-order valence-electron chi connectivity index (χ1n) is 5.70. The van der Waals surface area contributed by atoms with E-state index >= 15 is 0 Å². The number of halogens is 1. The van der Waals surface area contributed by atoms with Crippen molar-refractivity contribution in [1.82, 2.24) is 9.44 Å². The van der Waals surface area contributed by atoms with E-state index in [0.29, 0.717) is 0 Å². The van der Waals surface area contributed by atoms with Crippen molar-refractivity contribution in [3.05, 3.63) is 23.2 Å². The molecular weight excluding hydrogens is 326 g/mol. The van der Waals surface area contributed by atoms with E-state index in [-0.39, 0.29) is 34.4 Å². The van der Waals surface area contributed by atoms with Gasteiger partial charge in [0.05, 0.1) is 16.5 Å². The molecule has 0 unspecified atom stereocenters. The van der Waals surface area contributed by atoms with Gasteiger partial charge in [0, 0.05) is 13.1 Å². The fourth-order valence-electron chi connectivity index (χ4n) is 1.48. The summed E-state index contributed by atoms with van der Waals surface area (Å²) in [6.45, 7) is 1.60. The van der Waals surface area contributed by atoms with Crippen LogP contribution >= 0.6 is 11.6 Å². The summed E-state index contributed by atoms with van der Waals surface area (Å²) in [4.78, 5) is -0.248. The Labute approximate surface area is 123 Å². The van der Waals surface area contributed by atoms with Crippen molar-refractivity contribution in [2.45, 2.75) is 11.8 Å². The van der Waals surface area contributed by atoms with Gasteiger partial charge < -0.3 is 5.73 Å². The molecule has 0 aliphatic rings. The summed E-state index contributed by atoms with van der Waals surface area (Å²) in [7, 11) is -7.46. The van der Waals surface area contributed by atoms with Gasteiger partial charge in [-0.15, -0.1) is 0 Å². The Morgan fingerprint density at radius 3 is 2.40 bits per heavy atom. The summed E-state index contributed by atoms with van der Waals surface area (Å²) in [6, 6.07) is 4.31. The zero-order valence-corrected chi connectivity index (χ0v) is 13.1. The van der Waals surface area contributed by atoms with Crippen molar-refractivity contribution in [3.63, 3.8) is 0 Å². The highest BCUT2D eigenvalue weighted by atomic mass is 35.5. The third-order valence-electron chi connectivity index (χ3n) is 2.29. The summed E-state index contributed by atoms with van der Waals surface area (Å²) in [6.07, 6.45) is 0. The van der Waals surface area contributed by atoms with E-state index in [1.165, 1.54) is 18.2 Å². The quantitative estimate of drug-likeness (QED) is 0.609. The highest BCUT2D eigenvalue weighted by molar-refractivity contribution is 7.90. The molecule has 0 fully saturated rings. The zero-order chi connectivity index (χ0) is 15.4. The largest absolute Gasteiger partial charge is 0.398 e. The number of hydrogen-bond acceptors (Lipinski definition) is 5. The summed E-state index contributed by atoms with van der Waals surface area (Å²) >= 11 is 5.80. The Bertz CT molecular complexity index is 653. The molecule has 20 heavy (non-hydrogen) atoms. The molecule has 0 atom stereocenters. The van der Waals surface area contributed by atoms with Crippen LogP contribution in [0.5, 0.6) is 0 Å². The van der Waals surface area contributed by atoms with Crippen molar-refractivity contribution >= 4 is 37.3 Å². The Balaban J connectivity index is 2.82. The Kier molecular flexibility index (Phi) is 5.78. The van der Waals surface area contributed by atoms with E-state index < -0.39 is 20.0 Å². The van der Waals surface area contributed by atoms with E-state index in [4.69, 9.17) is 17.3 Å².